The summed E-state index contributed by atoms with van der Waals surface area (Å²) < 4.78 is 1.18. The number of aliphatic imine (C=N–C) groups is 1. The summed E-state index contributed by atoms with van der Waals surface area (Å²) in [6, 6.07) is 9.95. The number of rotatable bonds is 5. The van der Waals surface area contributed by atoms with E-state index in [1.54, 1.807) is 23.7 Å². The Morgan fingerprint density at radius 3 is 2.61 bits per heavy atom. The third-order valence-corrected chi connectivity index (χ3v) is 5.39. The average Bonchev–Trinajstić information content (AvgIpc) is 3.15. The van der Waals surface area contributed by atoms with Crippen LogP contribution in [0.3, 0.4) is 0 Å². The van der Waals surface area contributed by atoms with Crippen LogP contribution >= 0.6 is 35.3 Å². The summed E-state index contributed by atoms with van der Waals surface area (Å²) in [4.78, 5) is 21.9. The van der Waals surface area contributed by atoms with Crippen molar-refractivity contribution >= 4 is 62.6 Å². The van der Waals surface area contributed by atoms with Crippen molar-refractivity contribution < 1.29 is 0 Å². The number of fused-ring (bicyclic) bond motifs is 1. The van der Waals surface area contributed by atoms with Crippen LogP contribution in [0.2, 0.25) is 0 Å². The van der Waals surface area contributed by atoms with Gasteiger partial charge in [0, 0.05) is 45.1 Å². The second-order valence-corrected chi connectivity index (χ2v) is 7.21. The maximum atomic E-state index is 6.16. The quantitative estimate of drug-likeness (QED) is 0.235. The number of hydrogen-bond acceptors (Lipinski definition) is 7. The van der Waals surface area contributed by atoms with Crippen LogP contribution < -0.4 is 16.0 Å². The van der Waals surface area contributed by atoms with Gasteiger partial charge in [-0.15, -0.1) is 24.0 Å². The van der Waals surface area contributed by atoms with Crippen LogP contribution in [0.15, 0.2) is 47.7 Å². The fourth-order valence-electron chi connectivity index (χ4n) is 2.97. The molecule has 0 spiro atoms. The number of aromatic nitrogens is 3. The van der Waals surface area contributed by atoms with Gasteiger partial charge < -0.3 is 20.9 Å². The lowest BCUT2D eigenvalue weighted by atomic mass is 10.3. The summed E-state index contributed by atoms with van der Waals surface area (Å²) in [5.74, 6) is 1.36. The molecule has 1 saturated heterocycles. The molecule has 1 aliphatic heterocycles. The standard InChI is InChI=1S/C18H22N8S.HI/c19-16(25-10-12-26(13-11-25)17-21-6-3-7-22-17)20-8-9-23-18-24-14-4-1-2-5-15(14)27-18;/h1-7H,8-13H2,(H2,19,20)(H,23,24);1H. The van der Waals surface area contributed by atoms with Gasteiger partial charge in [0.25, 0.3) is 0 Å². The molecular weight excluding hydrogens is 487 g/mol. The molecule has 0 amide bonds. The fraction of sp³-hybridized carbons (Fsp3) is 0.333. The van der Waals surface area contributed by atoms with E-state index >= 15 is 0 Å². The maximum absolute atomic E-state index is 6.16. The molecule has 1 fully saturated rings. The minimum Gasteiger partial charge on any atom is -0.370 e. The van der Waals surface area contributed by atoms with Crippen LogP contribution in [0.5, 0.6) is 0 Å². The van der Waals surface area contributed by atoms with Gasteiger partial charge in [-0.05, 0) is 18.2 Å². The summed E-state index contributed by atoms with van der Waals surface area (Å²) in [5.41, 5.74) is 7.18. The zero-order chi connectivity index (χ0) is 18.5. The number of thiazole rings is 1. The number of nitrogens with zero attached hydrogens (tertiary/aromatic N) is 6. The highest BCUT2D eigenvalue weighted by atomic mass is 127. The molecule has 0 saturated carbocycles. The van der Waals surface area contributed by atoms with Crippen molar-refractivity contribution in [1.82, 2.24) is 19.9 Å². The zero-order valence-electron chi connectivity index (χ0n) is 15.4. The number of piperazine rings is 1. The Bertz CT molecular complexity index is 875. The van der Waals surface area contributed by atoms with Crippen molar-refractivity contribution in [3.05, 3.63) is 42.7 Å². The van der Waals surface area contributed by atoms with E-state index in [1.165, 1.54) is 4.70 Å². The largest absolute Gasteiger partial charge is 0.370 e. The first-order valence-electron chi connectivity index (χ1n) is 8.96. The predicted molar refractivity (Wildman–Crippen MR) is 126 cm³/mol. The van der Waals surface area contributed by atoms with E-state index in [2.05, 4.69) is 41.1 Å². The van der Waals surface area contributed by atoms with Crippen LogP contribution in [0.25, 0.3) is 10.2 Å². The van der Waals surface area contributed by atoms with Gasteiger partial charge in [0.1, 0.15) is 0 Å². The molecule has 3 aromatic rings. The highest BCUT2D eigenvalue weighted by Gasteiger charge is 2.19. The SMILES string of the molecule is I.NC(=NCCNc1nc2ccccc2s1)N1CCN(c2ncccn2)CC1. The Kier molecular flexibility index (Phi) is 7.20. The Balaban J connectivity index is 0.00000225. The van der Waals surface area contributed by atoms with Gasteiger partial charge in [-0.2, -0.15) is 0 Å². The molecule has 148 valence electrons. The molecule has 0 unspecified atom stereocenters. The molecule has 8 nitrogen and oxygen atoms in total. The number of halogens is 1. The van der Waals surface area contributed by atoms with Gasteiger partial charge in [-0.1, -0.05) is 23.5 Å². The third-order valence-electron chi connectivity index (χ3n) is 4.39. The van der Waals surface area contributed by atoms with Gasteiger partial charge in [-0.25, -0.2) is 15.0 Å². The molecule has 10 heteroatoms. The molecule has 2 aromatic heterocycles. The van der Waals surface area contributed by atoms with Crippen LogP contribution in [0, 0.1) is 0 Å². The van der Waals surface area contributed by atoms with Crippen molar-refractivity contribution in [2.75, 3.05) is 49.5 Å². The molecule has 0 radical (unpaired) electrons. The molecule has 0 aliphatic carbocycles. The molecular formula is C18H23IN8S. The normalized spacial score (nSPS) is 14.8. The Morgan fingerprint density at radius 1 is 1.11 bits per heavy atom. The van der Waals surface area contributed by atoms with Gasteiger partial charge in [-0.3, -0.25) is 4.99 Å². The number of benzene rings is 1. The number of nitrogens with two attached hydrogens (primary N) is 1. The van der Waals surface area contributed by atoms with E-state index in [1.807, 2.05) is 24.3 Å². The first-order chi connectivity index (χ1) is 13.3. The van der Waals surface area contributed by atoms with Crippen molar-refractivity contribution in [2.24, 2.45) is 10.7 Å². The van der Waals surface area contributed by atoms with Gasteiger partial charge >= 0.3 is 0 Å². The summed E-state index contributed by atoms with van der Waals surface area (Å²) in [5, 5.41) is 4.24. The topological polar surface area (TPSA) is 95.6 Å². The molecule has 0 atom stereocenters. The van der Waals surface area contributed by atoms with Crippen LogP contribution in [0.1, 0.15) is 0 Å². The van der Waals surface area contributed by atoms with Crippen molar-refractivity contribution in [2.45, 2.75) is 0 Å². The van der Waals surface area contributed by atoms with E-state index in [0.717, 1.165) is 42.8 Å². The first kappa shape index (κ1) is 20.5. The van der Waals surface area contributed by atoms with E-state index in [-0.39, 0.29) is 24.0 Å². The molecule has 1 aromatic carbocycles. The smallest absolute Gasteiger partial charge is 0.225 e. The number of anilines is 2. The van der Waals surface area contributed by atoms with Gasteiger partial charge in [0.15, 0.2) is 11.1 Å². The number of para-hydroxylation sites is 1. The third kappa shape index (κ3) is 4.98. The number of guanidine groups is 1. The van der Waals surface area contributed by atoms with Crippen LogP contribution in [-0.2, 0) is 0 Å². The Morgan fingerprint density at radius 2 is 1.86 bits per heavy atom. The van der Waals surface area contributed by atoms with Gasteiger partial charge in [0.05, 0.1) is 16.8 Å². The predicted octanol–water partition coefficient (Wildman–Crippen LogP) is 2.25. The molecule has 3 heterocycles. The zero-order valence-corrected chi connectivity index (χ0v) is 18.5. The van der Waals surface area contributed by atoms with E-state index in [9.17, 15) is 0 Å². The lowest BCUT2D eigenvalue weighted by Crippen LogP contribution is -2.51. The van der Waals surface area contributed by atoms with Crippen LogP contribution in [-0.4, -0.2) is 65.1 Å². The summed E-state index contributed by atoms with van der Waals surface area (Å²) in [6.45, 7) is 4.63. The van der Waals surface area contributed by atoms with Gasteiger partial charge in [0.2, 0.25) is 5.95 Å². The van der Waals surface area contributed by atoms with Crippen molar-refractivity contribution in [1.29, 1.82) is 0 Å². The molecule has 1 aliphatic rings. The summed E-state index contributed by atoms with van der Waals surface area (Å²) in [7, 11) is 0. The molecule has 0 bridgehead atoms. The number of nitrogens with one attached hydrogen (secondary N) is 1. The van der Waals surface area contributed by atoms with Crippen molar-refractivity contribution in [3.63, 3.8) is 0 Å². The molecule has 28 heavy (non-hydrogen) atoms. The lowest BCUT2D eigenvalue weighted by molar-refractivity contribution is 0.378. The summed E-state index contributed by atoms with van der Waals surface area (Å²) in [6.07, 6.45) is 3.53. The second kappa shape index (κ2) is 9.82. The average molecular weight is 510 g/mol. The minimum absolute atomic E-state index is 0. The first-order valence-corrected chi connectivity index (χ1v) is 9.77. The monoisotopic (exact) mass is 510 g/mol. The minimum atomic E-state index is 0. The van der Waals surface area contributed by atoms with E-state index in [4.69, 9.17) is 5.73 Å². The lowest BCUT2D eigenvalue weighted by Gasteiger charge is -2.35. The van der Waals surface area contributed by atoms with Crippen molar-refractivity contribution in [3.8, 4) is 0 Å². The highest BCUT2D eigenvalue weighted by molar-refractivity contribution is 14.0. The van der Waals surface area contributed by atoms with E-state index < -0.39 is 0 Å². The summed E-state index contributed by atoms with van der Waals surface area (Å²) >= 11 is 1.65. The van der Waals surface area contributed by atoms with Crippen LogP contribution in [0.4, 0.5) is 11.1 Å². The second-order valence-electron chi connectivity index (χ2n) is 6.18. The maximum Gasteiger partial charge on any atom is 0.225 e. The molecule has 4 rings (SSSR count). The van der Waals surface area contributed by atoms with E-state index in [0.29, 0.717) is 19.0 Å². The molecule has 3 N–H and O–H groups in total. The number of hydrogen-bond donors (Lipinski definition) is 2. The Labute approximate surface area is 184 Å². The highest BCUT2D eigenvalue weighted by Crippen LogP contribution is 2.24. The fourth-order valence-corrected chi connectivity index (χ4v) is 3.86. The Hall–Kier alpha value is -2.21.